The Morgan fingerprint density at radius 3 is 3.12 bits per heavy atom. The number of thiophene rings is 1. The van der Waals surface area contributed by atoms with Gasteiger partial charge < -0.3 is 10.6 Å². The third-order valence-corrected chi connectivity index (χ3v) is 4.88. The molecule has 2 rings (SSSR count). The van der Waals surface area contributed by atoms with Gasteiger partial charge in [-0.2, -0.15) is 11.8 Å². The first kappa shape index (κ1) is 12.0. The van der Waals surface area contributed by atoms with Crippen molar-refractivity contribution < 1.29 is 4.79 Å². The van der Waals surface area contributed by atoms with Crippen LogP contribution in [0.2, 0.25) is 0 Å². The molecule has 0 atom stereocenters. The Hall–Kier alpha value is -0.520. The summed E-state index contributed by atoms with van der Waals surface area (Å²) >= 11 is 3.60. The van der Waals surface area contributed by atoms with Crippen molar-refractivity contribution in [1.82, 2.24) is 4.90 Å². The number of carbonyl (C=O) groups excluding carboxylic acids is 1. The summed E-state index contributed by atoms with van der Waals surface area (Å²) in [6.07, 6.45) is 1.11. The van der Waals surface area contributed by atoms with Crippen LogP contribution in [0.25, 0.3) is 0 Å². The van der Waals surface area contributed by atoms with Gasteiger partial charge in [0.1, 0.15) is 0 Å². The lowest BCUT2D eigenvalue weighted by Gasteiger charge is -2.14. The SMILES string of the molecule is CN(CCN)C(=O)c1cc2c(s1)CCSC2. The molecular weight excluding hydrogens is 240 g/mol. The van der Waals surface area contributed by atoms with Crippen molar-refractivity contribution in [3.05, 3.63) is 21.4 Å². The van der Waals surface area contributed by atoms with Crippen molar-refractivity contribution >= 4 is 29.0 Å². The van der Waals surface area contributed by atoms with Crippen molar-refractivity contribution in [3.63, 3.8) is 0 Å². The summed E-state index contributed by atoms with van der Waals surface area (Å²) in [5.41, 5.74) is 6.80. The Kier molecular flexibility index (Phi) is 3.89. The molecule has 1 aromatic heterocycles. The van der Waals surface area contributed by atoms with E-state index < -0.39 is 0 Å². The zero-order valence-electron chi connectivity index (χ0n) is 9.36. The minimum absolute atomic E-state index is 0.106. The molecule has 0 aliphatic carbocycles. The van der Waals surface area contributed by atoms with Crippen LogP contribution >= 0.6 is 23.1 Å². The van der Waals surface area contributed by atoms with Gasteiger partial charge in [-0.1, -0.05) is 0 Å². The summed E-state index contributed by atoms with van der Waals surface area (Å²) in [6.45, 7) is 1.14. The summed E-state index contributed by atoms with van der Waals surface area (Å²) in [7, 11) is 1.81. The molecule has 2 heterocycles. The van der Waals surface area contributed by atoms with E-state index in [1.165, 1.54) is 16.2 Å². The van der Waals surface area contributed by atoms with Crippen LogP contribution in [-0.4, -0.2) is 36.7 Å². The van der Waals surface area contributed by atoms with Crippen molar-refractivity contribution in [2.45, 2.75) is 12.2 Å². The lowest BCUT2D eigenvalue weighted by atomic mass is 10.2. The van der Waals surface area contributed by atoms with Gasteiger partial charge in [0, 0.05) is 30.8 Å². The second-order valence-corrected chi connectivity index (χ2v) is 6.12. The minimum Gasteiger partial charge on any atom is -0.340 e. The maximum atomic E-state index is 12.0. The molecular formula is C11H16N2OS2. The number of aryl methyl sites for hydroxylation is 1. The topological polar surface area (TPSA) is 46.3 Å². The maximum absolute atomic E-state index is 12.0. The highest BCUT2D eigenvalue weighted by atomic mass is 32.2. The first-order valence-corrected chi connectivity index (χ1v) is 7.34. The van der Waals surface area contributed by atoms with Crippen LogP contribution in [0.5, 0.6) is 0 Å². The van der Waals surface area contributed by atoms with E-state index in [1.54, 1.807) is 16.2 Å². The lowest BCUT2D eigenvalue weighted by Crippen LogP contribution is -2.31. The standard InChI is InChI=1S/C11H16N2OS2/c1-13(4-3-12)11(14)10-6-8-7-15-5-2-9(8)16-10/h6H,2-5,7,12H2,1H3. The second kappa shape index (κ2) is 5.21. The largest absolute Gasteiger partial charge is 0.340 e. The number of carbonyl (C=O) groups is 1. The van der Waals surface area contributed by atoms with Crippen molar-refractivity contribution in [2.75, 3.05) is 25.9 Å². The molecule has 0 bridgehead atoms. The van der Waals surface area contributed by atoms with E-state index in [1.807, 2.05) is 18.8 Å². The highest BCUT2D eigenvalue weighted by Gasteiger charge is 2.19. The molecule has 0 aromatic carbocycles. The Labute approximate surface area is 104 Å². The first-order valence-electron chi connectivity index (χ1n) is 5.37. The molecule has 1 aliphatic heterocycles. The quantitative estimate of drug-likeness (QED) is 0.893. The predicted molar refractivity (Wildman–Crippen MR) is 70.2 cm³/mol. The number of likely N-dealkylation sites (N-methyl/N-ethyl adjacent to an activating group) is 1. The smallest absolute Gasteiger partial charge is 0.263 e. The predicted octanol–water partition coefficient (Wildman–Crippen LogP) is 1.57. The normalized spacial score (nSPS) is 14.6. The molecule has 5 heteroatoms. The Morgan fingerprint density at radius 1 is 1.62 bits per heavy atom. The van der Waals surface area contributed by atoms with Crippen LogP contribution in [0.1, 0.15) is 20.1 Å². The fourth-order valence-corrected chi connectivity index (χ4v) is 4.10. The third kappa shape index (κ3) is 2.42. The number of nitrogens with two attached hydrogens (primary N) is 1. The van der Waals surface area contributed by atoms with E-state index in [0.717, 1.165) is 17.1 Å². The maximum Gasteiger partial charge on any atom is 0.263 e. The van der Waals surface area contributed by atoms with Crippen LogP contribution < -0.4 is 5.73 Å². The Morgan fingerprint density at radius 2 is 2.44 bits per heavy atom. The second-order valence-electron chi connectivity index (χ2n) is 3.88. The van der Waals surface area contributed by atoms with Crippen LogP contribution in [0.15, 0.2) is 6.07 Å². The Balaban J connectivity index is 2.14. The molecule has 0 radical (unpaired) electrons. The summed E-state index contributed by atoms with van der Waals surface area (Å²) < 4.78 is 0. The van der Waals surface area contributed by atoms with Gasteiger partial charge in [-0.3, -0.25) is 4.79 Å². The van der Waals surface area contributed by atoms with Crippen molar-refractivity contribution in [2.24, 2.45) is 5.73 Å². The van der Waals surface area contributed by atoms with Gasteiger partial charge in [-0.05, 0) is 23.8 Å². The summed E-state index contributed by atoms with van der Waals surface area (Å²) in [5.74, 6) is 2.34. The van der Waals surface area contributed by atoms with Crippen molar-refractivity contribution in [3.8, 4) is 0 Å². The lowest BCUT2D eigenvalue weighted by molar-refractivity contribution is 0.0803. The average Bonchev–Trinajstić information content (AvgIpc) is 2.71. The molecule has 1 aliphatic rings. The first-order chi connectivity index (χ1) is 7.72. The number of thioether (sulfide) groups is 1. The van der Waals surface area contributed by atoms with E-state index in [0.29, 0.717) is 13.1 Å². The van der Waals surface area contributed by atoms with E-state index in [2.05, 4.69) is 6.07 Å². The van der Waals surface area contributed by atoms with Gasteiger partial charge in [-0.25, -0.2) is 0 Å². The van der Waals surface area contributed by atoms with E-state index in [-0.39, 0.29) is 5.91 Å². The number of fused-ring (bicyclic) bond motifs is 1. The minimum atomic E-state index is 0.106. The molecule has 0 fully saturated rings. The third-order valence-electron chi connectivity index (χ3n) is 2.65. The highest BCUT2D eigenvalue weighted by molar-refractivity contribution is 7.98. The average molecular weight is 256 g/mol. The van der Waals surface area contributed by atoms with E-state index in [9.17, 15) is 4.79 Å². The molecule has 0 spiro atoms. The molecule has 1 amide bonds. The van der Waals surface area contributed by atoms with Gasteiger partial charge in [-0.15, -0.1) is 11.3 Å². The van der Waals surface area contributed by atoms with Crippen LogP contribution in [0.4, 0.5) is 0 Å². The van der Waals surface area contributed by atoms with Crippen LogP contribution in [-0.2, 0) is 12.2 Å². The molecule has 88 valence electrons. The van der Waals surface area contributed by atoms with Crippen LogP contribution in [0.3, 0.4) is 0 Å². The summed E-state index contributed by atoms with van der Waals surface area (Å²) in [6, 6.07) is 2.06. The van der Waals surface area contributed by atoms with Gasteiger partial charge in [0.15, 0.2) is 0 Å². The van der Waals surface area contributed by atoms with Gasteiger partial charge in [0.05, 0.1) is 4.88 Å². The molecule has 16 heavy (non-hydrogen) atoms. The molecule has 2 N–H and O–H groups in total. The van der Waals surface area contributed by atoms with Gasteiger partial charge in [0.2, 0.25) is 0 Å². The van der Waals surface area contributed by atoms with Crippen LogP contribution in [0, 0.1) is 0 Å². The molecule has 0 saturated carbocycles. The molecule has 0 saturated heterocycles. The fraction of sp³-hybridized carbons (Fsp3) is 0.545. The molecule has 3 nitrogen and oxygen atoms in total. The zero-order chi connectivity index (χ0) is 11.5. The highest BCUT2D eigenvalue weighted by Crippen LogP contribution is 2.32. The number of rotatable bonds is 3. The summed E-state index contributed by atoms with van der Waals surface area (Å²) in [4.78, 5) is 16.0. The summed E-state index contributed by atoms with van der Waals surface area (Å²) in [5, 5.41) is 0. The van der Waals surface area contributed by atoms with Crippen molar-refractivity contribution in [1.29, 1.82) is 0 Å². The number of hydrogen-bond acceptors (Lipinski definition) is 4. The zero-order valence-corrected chi connectivity index (χ0v) is 11.0. The van der Waals surface area contributed by atoms with E-state index in [4.69, 9.17) is 5.73 Å². The number of hydrogen-bond donors (Lipinski definition) is 1. The van der Waals surface area contributed by atoms with Gasteiger partial charge >= 0.3 is 0 Å². The Bertz CT molecular complexity index is 366. The monoisotopic (exact) mass is 256 g/mol. The number of amides is 1. The molecule has 0 unspecified atom stereocenters. The van der Waals surface area contributed by atoms with Gasteiger partial charge in [0.25, 0.3) is 5.91 Å². The fourth-order valence-electron chi connectivity index (χ4n) is 1.74. The molecule has 1 aromatic rings. The number of nitrogens with zero attached hydrogens (tertiary/aromatic N) is 1. The van der Waals surface area contributed by atoms with E-state index >= 15 is 0 Å².